The Balaban J connectivity index is 4.59. The molecule has 0 heterocycles. The van der Waals surface area contributed by atoms with Gasteiger partial charge in [-0.1, -0.05) is 13.8 Å². The van der Waals surface area contributed by atoms with Gasteiger partial charge in [0.1, 0.15) is 17.2 Å². The van der Waals surface area contributed by atoms with Crippen LogP contribution < -0.4 is 21.7 Å². The summed E-state index contributed by atoms with van der Waals surface area (Å²) in [5.74, 6) is -1.30. The van der Waals surface area contributed by atoms with Gasteiger partial charge in [-0.3, -0.25) is 9.59 Å². The van der Waals surface area contributed by atoms with E-state index in [0.717, 1.165) is 0 Å². The highest BCUT2D eigenvalue weighted by Gasteiger charge is 2.34. The van der Waals surface area contributed by atoms with Crippen LogP contribution in [0.5, 0.6) is 0 Å². The Labute approximate surface area is 198 Å². The van der Waals surface area contributed by atoms with E-state index in [1.54, 1.807) is 41.5 Å². The van der Waals surface area contributed by atoms with Crippen LogP contribution in [0.25, 0.3) is 0 Å². The fourth-order valence-corrected chi connectivity index (χ4v) is 2.85. The monoisotopic (exact) mass is 472 g/mol. The molecule has 2 atom stereocenters. The van der Waals surface area contributed by atoms with Crippen LogP contribution in [0.4, 0.5) is 4.79 Å². The lowest BCUT2D eigenvalue weighted by atomic mass is 9.99. The maximum Gasteiger partial charge on any atom is 0.407 e. The first-order valence-electron chi connectivity index (χ1n) is 11.6. The molecule has 33 heavy (non-hydrogen) atoms. The summed E-state index contributed by atoms with van der Waals surface area (Å²) >= 11 is 0. The minimum Gasteiger partial charge on any atom is -0.464 e. The van der Waals surface area contributed by atoms with Crippen molar-refractivity contribution in [3.8, 4) is 0 Å². The van der Waals surface area contributed by atoms with Gasteiger partial charge < -0.3 is 31.2 Å². The molecule has 0 aliphatic rings. The van der Waals surface area contributed by atoms with Gasteiger partial charge in [-0.2, -0.15) is 0 Å². The predicted octanol–water partition coefficient (Wildman–Crippen LogP) is 2.00. The van der Waals surface area contributed by atoms with Gasteiger partial charge in [0.05, 0.1) is 12.6 Å². The molecule has 10 heteroatoms. The summed E-state index contributed by atoms with van der Waals surface area (Å²) in [5, 5.41) is 7.99. The smallest absolute Gasteiger partial charge is 0.407 e. The number of amides is 3. The van der Waals surface area contributed by atoms with E-state index in [4.69, 9.17) is 15.2 Å². The zero-order chi connectivity index (χ0) is 25.8. The van der Waals surface area contributed by atoms with E-state index >= 15 is 0 Å². The second kappa shape index (κ2) is 14.0. The van der Waals surface area contributed by atoms with Crippen LogP contribution in [0.15, 0.2) is 0 Å². The Bertz CT molecular complexity index is 658. The molecule has 0 fully saturated rings. The van der Waals surface area contributed by atoms with Gasteiger partial charge in [0.15, 0.2) is 0 Å². The van der Waals surface area contributed by atoms with Crippen LogP contribution in [-0.2, 0) is 23.9 Å². The molecule has 192 valence electrons. The van der Waals surface area contributed by atoms with Gasteiger partial charge in [0.2, 0.25) is 11.8 Å². The number of ether oxygens (including phenoxy) is 2. The zero-order valence-electron chi connectivity index (χ0n) is 21.5. The van der Waals surface area contributed by atoms with Crippen LogP contribution in [0.2, 0.25) is 0 Å². The Morgan fingerprint density at radius 3 is 2.12 bits per heavy atom. The van der Waals surface area contributed by atoms with Gasteiger partial charge in [-0.15, -0.1) is 0 Å². The molecule has 0 aromatic heterocycles. The average Bonchev–Trinajstić information content (AvgIpc) is 2.64. The first kappa shape index (κ1) is 30.6. The molecule has 0 saturated carbocycles. The first-order chi connectivity index (χ1) is 15.1. The maximum absolute atomic E-state index is 12.8. The fraction of sp³-hybridized carbons (Fsp3) is 0.826. The summed E-state index contributed by atoms with van der Waals surface area (Å²) < 4.78 is 10.2. The van der Waals surface area contributed by atoms with Gasteiger partial charge in [-0.25, -0.2) is 9.59 Å². The maximum atomic E-state index is 12.8. The number of esters is 1. The highest BCUT2D eigenvalue weighted by Crippen LogP contribution is 2.11. The van der Waals surface area contributed by atoms with Gasteiger partial charge in [0, 0.05) is 6.54 Å². The van der Waals surface area contributed by atoms with E-state index in [1.807, 2.05) is 13.8 Å². The van der Waals surface area contributed by atoms with Crippen molar-refractivity contribution in [2.24, 2.45) is 11.7 Å². The van der Waals surface area contributed by atoms with Crippen molar-refractivity contribution in [2.75, 3.05) is 13.2 Å². The van der Waals surface area contributed by atoms with Crippen molar-refractivity contribution >= 4 is 23.9 Å². The van der Waals surface area contributed by atoms with Crippen molar-refractivity contribution < 1.29 is 28.7 Å². The Morgan fingerprint density at radius 2 is 1.61 bits per heavy atom. The SMILES string of the molecule is CCOC(=O)[C@H](CC(C)C)NC(=O)C(C)(C)NC(=O)[C@@H](N)CCCCNC(=O)OC(C)(C)C. The number of rotatable bonds is 13. The second-order valence-electron chi connectivity index (χ2n) is 10.1. The molecule has 0 saturated heterocycles. The van der Waals surface area contributed by atoms with Crippen LogP contribution in [-0.4, -0.2) is 60.3 Å². The third-order valence-electron chi connectivity index (χ3n) is 4.53. The van der Waals surface area contributed by atoms with E-state index in [9.17, 15) is 19.2 Å². The Kier molecular flexibility index (Phi) is 13.0. The van der Waals surface area contributed by atoms with Crippen LogP contribution in [0.1, 0.15) is 81.1 Å². The predicted molar refractivity (Wildman–Crippen MR) is 126 cm³/mol. The lowest BCUT2D eigenvalue weighted by Crippen LogP contribution is -2.60. The molecule has 0 aromatic carbocycles. The number of alkyl carbamates (subject to hydrolysis) is 1. The van der Waals surface area contributed by atoms with E-state index in [0.29, 0.717) is 32.2 Å². The molecule has 3 amide bonds. The number of hydrogen-bond acceptors (Lipinski definition) is 7. The molecular formula is C23H44N4O6. The standard InChI is InChI=1S/C23H44N4O6/c1-9-32-19(29)17(14-15(2)3)26-20(30)23(7,8)27-18(28)16(24)12-10-11-13-25-21(31)33-22(4,5)6/h15-17H,9-14,24H2,1-8H3,(H,25,31)(H,26,30)(H,27,28)/t16-,17-/m0/s1. The number of nitrogens with two attached hydrogens (primary N) is 1. The lowest BCUT2D eigenvalue weighted by molar-refractivity contribution is -0.148. The highest BCUT2D eigenvalue weighted by molar-refractivity contribution is 5.94. The Morgan fingerprint density at radius 1 is 1.00 bits per heavy atom. The number of hydrogen-bond donors (Lipinski definition) is 4. The van der Waals surface area contributed by atoms with Crippen LogP contribution >= 0.6 is 0 Å². The topological polar surface area (TPSA) is 149 Å². The van der Waals surface area contributed by atoms with Crippen molar-refractivity contribution in [2.45, 2.75) is 104 Å². The lowest BCUT2D eigenvalue weighted by Gasteiger charge is -2.29. The van der Waals surface area contributed by atoms with E-state index in [-0.39, 0.29) is 12.5 Å². The summed E-state index contributed by atoms with van der Waals surface area (Å²) in [6.07, 6.45) is 1.55. The largest absolute Gasteiger partial charge is 0.464 e. The third-order valence-corrected chi connectivity index (χ3v) is 4.53. The minimum atomic E-state index is -1.27. The van der Waals surface area contributed by atoms with Gasteiger partial charge in [0.25, 0.3) is 0 Å². The molecule has 0 bridgehead atoms. The molecule has 0 rings (SSSR count). The average molecular weight is 473 g/mol. The van der Waals surface area contributed by atoms with Gasteiger partial charge in [-0.05, 0) is 73.1 Å². The van der Waals surface area contributed by atoms with Crippen molar-refractivity contribution in [3.63, 3.8) is 0 Å². The van der Waals surface area contributed by atoms with Crippen molar-refractivity contribution in [1.29, 1.82) is 0 Å². The summed E-state index contributed by atoms with van der Waals surface area (Å²) in [5.41, 5.74) is 4.14. The molecule has 0 aliphatic carbocycles. The number of carbonyl (C=O) groups is 4. The number of carbonyl (C=O) groups excluding carboxylic acids is 4. The fourth-order valence-electron chi connectivity index (χ4n) is 2.85. The van der Waals surface area contributed by atoms with Crippen molar-refractivity contribution in [1.82, 2.24) is 16.0 Å². The summed E-state index contributed by atoms with van der Waals surface area (Å²) in [4.78, 5) is 49.0. The minimum absolute atomic E-state index is 0.163. The molecule has 0 radical (unpaired) electrons. The molecule has 0 aromatic rings. The molecule has 0 aliphatic heterocycles. The molecular weight excluding hydrogens is 428 g/mol. The van der Waals surface area contributed by atoms with E-state index in [1.165, 1.54) is 0 Å². The quantitative estimate of drug-likeness (QED) is 0.237. The molecule has 0 spiro atoms. The normalized spacial score (nSPS) is 13.6. The summed E-state index contributed by atoms with van der Waals surface area (Å²) in [7, 11) is 0. The molecule has 10 nitrogen and oxygen atoms in total. The van der Waals surface area contributed by atoms with E-state index in [2.05, 4.69) is 16.0 Å². The Hall–Kier alpha value is -2.36. The van der Waals surface area contributed by atoms with E-state index < -0.39 is 47.1 Å². The molecule has 0 unspecified atom stereocenters. The summed E-state index contributed by atoms with van der Waals surface area (Å²) in [6, 6.07) is -1.60. The highest BCUT2D eigenvalue weighted by atomic mass is 16.6. The second-order valence-corrected chi connectivity index (χ2v) is 10.1. The number of nitrogens with one attached hydrogen (secondary N) is 3. The first-order valence-corrected chi connectivity index (χ1v) is 11.6. The van der Waals surface area contributed by atoms with Crippen LogP contribution in [0, 0.1) is 5.92 Å². The number of unbranched alkanes of at least 4 members (excludes halogenated alkanes) is 1. The zero-order valence-corrected chi connectivity index (χ0v) is 21.5. The van der Waals surface area contributed by atoms with Crippen molar-refractivity contribution in [3.05, 3.63) is 0 Å². The van der Waals surface area contributed by atoms with Gasteiger partial charge >= 0.3 is 12.1 Å². The summed E-state index contributed by atoms with van der Waals surface area (Å²) in [6.45, 7) is 14.7. The third kappa shape index (κ3) is 13.7. The van der Waals surface area contributed by atoms with Crippen LogP contribution in [0.3, 0.4) is 0 Å². The molecule has 5 N–H and O–H groups in total.